The van der Waals surface area contributed by atoms with Gasteiger partial charge in [0.1, 0.15) is 11.5 Å². The molecule has 18 heavy (non-hydrogen) atoms. The summed E-state index contributed by atoms with van der Waals surface area (Å²) in [6, 6.07) is 5.53. The number of pyridine rings is 1. The smallest absolute Gasteiger partial charge is 0.437 e. The van der Waals surface area contributed by atoms with Crippen LogP contribution in [0.5, 0.6) is 11.5 Å². The molecule has 1 aromatic carbocycles. The average molecular weight is 257 g/mol. The van der Waals surface area contributed by atoms with Crippen molar-refractivity contribution in [3.8, 4) is 11.5 Å². The first kappa shape index (κ1) is 12.5. The molecule has 0 fully saturated rings. The molecule has 0 bridgehead atoms. The van der Waals surface area contributed by atoms with Gasteiger partial charge >= 0.3 is 6.18 Å². The summed E-state index contributed by atoms with van der Waals surface area (Å²) in [5, 5.41) is 9.74. The lowest BCUT2D eigenvalue weighted by Crippen LogP contribution is -2.08. The standard InChI is InChI=1S/C12H10F3NO2/c1-2-18-8-3-4-9-7(5-8)6-10(17)11(16-9)12(13,14)15/h3-6,17H,2H2,1H3. The lowest BCUT2D eigenvalue weighted by Gasteiger charge is -2.10. The van der Waals surface area contributed by atoms with Gasteiger partial charge in [-0.1, -0.05) is 0 Å². The fourth-order valence-corrected chi connectivity index (χ4v) is 1.61. The van der Waals surface area contributed by atoms with Gasteiger partial charge in [-0.2, -0.15) is 13.2 Å². The maximum absolute atomic E-state index is 12.5. The lowest BCUT2D eigenvalue weighted by atomic mass is 10.1. The van der Waals surface area contributed by atoms with E-state index in [-0.39, 0.29) is 5.52 Å². The van der Waals surface area contributed by atoms with E-state index in [4.69, 9.17) is 4.74 Å². The fraction of sp³-hybridized carbons (Fsp3) is 0.250. The summed E-state index contributed by atoms with van der Waals surface area (Å²) in [4.78, 5) is 3.42. The predicted octanol–water partition coefficient (Wildman–Crippen LogP) is 3.36. The van der Waals surface area contributed by atoms with Crippen LogP contribution in [0.4, 0.5) is 13.2 Å². The minimum atomic E-state index is -4.67. The van der Waals surface area contributed by atoms with Crippen LogP contribution in [0.3, 0.4) is 0 Å². The van der Waals surface area contributed by atoms with Gasteiger partial charge < -0.3 is 9.84 Å². The molecule has 1 heterocycles. The summed E-state index contributed by atoms with van der Waals surface area (Å²) < 4.78 is 42.8. The van der Waals surface area contributed by atoms with E-state index in [1.165, 1.54) is 18.2 Å². The molecule has 0 aliphatic carbocycles. The topological polar surface area (TPSA) is 42.4 Å². The molecule has 0 radical (unpaired) electrons. The second kappa shape index (κ2) is 4.36. The number of ether oxygens (including phenoxy) is 1. The second-order valence-electron chi connectivity index (χ2n) is 3.64. The summed E-state index contributed by atoms with van der Waals surface area (Å²) in [6.07, 6.45) is -4.67. The van der Waals surface area contributed by atoms with Crippen LogP contribution < -0.4 is 4.74 Å². The highest BCUT2D eigenvalue weighted by Gasteiger charge is 2.36. The van der Waals surface area contributed by atoms with Crippen molar-refractivity contribution in [1.82, 2.24) is 4.98 Å². The molecule has 0 saturated heterocycles. The fourth-order valence-electron chi connectivity index (χ4n) is 1.61. The largest absolute Gasteiger partial charge is 0.506 e. The predicted molar refractivity (Wildman–Crippen MR) is 59.6 cm³/mol. The maximum atomic E-state index is 12.5. The van der Waals surface area contributed by atoms with Gasteiger partial charge in [-0.3, -0.25) is 0 Å². The summed E-state index contributed by atoms with van der Waals surface area (Å²) >= 11 is 0. The molecule has 2 aromatic rings. The average Bonchev–Trinajstić information content (AvgIpc) is 2.27. The zero-order valence-electron chi connectivity index (χ0n) is 9.45. The second-order valence-corrected chi connectivity index (χ2v) is 3.64. The molecule has 0 spiro atoms. The Kier molecular flexibility index (Phi) is 3.02. The van der Waals surface area contributed by atoms with Gasteiger partial charge in [0, 0.05) is 5.39 Å². The Bertz CT molecular complexity index is 581. The molecule has 0 saturated carbocycles. The van der Waals surface area contributed by atoms with E-state index in [0.717, 1.165) is 6.07 Å². The number of halogens is 3. The van der Waals surface area contributed by atoms with Gasteiger partial charge in [0.15, 0.2) is 5.69 Å². The van der Waals surface area contributed by atoms with E-state index in [2.05, 4.69) is 4.98 Å². The van der Waals surface area contributed by atoms with Crippen molar-refractivity contribution in [2.75, 3.05) is 6.61 Å². The molecule has 6 heteroatoms. The van der Waals surface area contributed by atoms with Crippen LogP contribution in [-0.4, -0.2) is 16.7 Å². The number of hydrogen-bond acceptors (Lipinski definition) is 3. The first-order chi connectivity index (χ1) is 8.41. The molecular formula is C12H10F3NO2. The zero-order valence-corrected chi connectivity index (χ0v) is 9.45. The molecule has 0 aliphatic heterocycles. The van der Waals surface area contributed by atoms with E-state index in [1.807, 2.05) is 0 Å². The third-order valence-corrected chi connectivity index (χ3v) is 2.35. The number of aromatic hydroxyl groups is 1. The third kappa shape index (κ3) is 2.32. The van der Waals surface area contributed by atoms with Crippen molar-refractivity contribution >= 4 is 10.9 Å². The molecule has 96 valence electrons. The first-order valence-corrected chi connectivity index (χ1v) is 5.25. The van der Waals surface area contributed by atoms with Crippen LogP contribution >= 0.6 is 0 Å². The highest BCUT2D eigenvalue weighted by Crippen LogP contribution is 2.36. The van der Waals surface area contributed by atoms with E-state index in [9.17, 15) is 18.3 Å². The summed E-state index contributed by atoms with van der Waals surface area (Å²) in [5.41, 5.74) is -1.12. The Labute approximate surface area is 101 Å². The van der Waals surface area contributed by atoms with Crippen LogP contribution in [0.1, 0.15) is 12.6 Å². The van der Waals surface area contributed by atoms with E-state index >= 15 is 0 Å². The van der Waals surface area contributed by atoms with Crippen molar-refractivity contribution in [1.29, 1.82) is 0 Å². The number of rotatable bonds is 2. The lowest BCUT2D eigenvalue weighted by molar-refractivity contribution is -0.142. The molecular weight excluding hydrogens is 247 g/mol. The molecule has 2 rings (SSSR count). The maximum Gasteiger partial charge on any atom is 0.437 e. The van der Waals surface area contributed by atoms with Crippen LogP contribution in [0, 0.1) is 0 Å². The quantitative estimate of drug-likeness (QED) is 0.897. The number of alkyl halides is 3. The number of benzene rings is 1. The van der Waals surface area contributed by atoms with Crippen molar-refractivity contribution in [2.24, 2.45) is 0 Å². The third-order valence-electron chi connectivity index (χ3n) is 2.35. The SMILES string of the molecule is CCOc1ccc2nc(C(F)(F)F)c(O)cc2c1. The summed E-state index contributed by atoms with van der Waals surface area (Å²) in [5.74, 6) is -0.366. The highest BCUT2D eigenvalue weighted by atomic mass is 19.4. The van der Waals surface area contributed by atoms with Crippen LogP contribution in [0.25, 0.3) is 10.9 Å². The van der Waals surface area contributed by atoms with E-state index in [0.29, 0.717) is 17.7 Å². The van der Waals surface area contributed by atoms with Crippen molar-refractivity contribution < 1.29 is 23.0 Å². The monoisotopic (exact) mass is 257 g/mol. The number of fused-ring (bicyclic) bond motifs is 1. The van der Waals surface area contributed by atoms with Crippen LogP contribution in [-0.2, 0) is 6.18 Å². The first-order valence-electron chi connectivity index (χ1n) is 5.25. The summed E-state index contributed by atoms with van der Waals surface area (Å²) in [6.45, 7) is 2.25. The Morgan fingerprint density at radius 2 is 2.00 bits per heavy atom. The van der Waals surface area contributed by atoms with Crippen LogP contribution in [0.2, 0.25) is 0 Å². The molecule has 0 aliphatic rings. The highest BCUT2D eigenvalue weighted by molar-refractivity contribution is 5.82. The molecule has 1 N–H and O–H groups in total. The Morgan fingerprint density at radius 1 is 1.28 bits per heavy atom. The molecule has 0 amide bonds. The number of aromatic nitrogens is 1. The van der Waals surface area contributed by atoms with Gasteiger partial charge in [-0.05, 0) is 31.2 Å². The zero-order chi connectivity index (χ0) is 13.3. The van der Waals surface area contributed by atoms with Crippen molar-refractivity contribution in [3.05, 3.63) is 30.0 Å². The Hall–Kier alpha value is -1.98. The van der Waals surface area contributed by atoms with Crippen molar-refractivity contribution in [2.45, 2.75) is 13.1 Å². The van der Waals surface area contributed by atoms with Gasteiger partial charge in [0.05, 0.1) is 12.1 Å². The minimum Gasteiger partial charge on any atom is -0.506 e. The van der Waals surface area contributed by atoms with E-state index < -0.39 is 17.6 Å². The number of nitrogens with zero attached hydrogens (tertiary/aromatic N) is 1. The number of hydrogen-bond donors (Lipinski definition) is 1. The van der Waals surface area contributed by atoms with Gasteiger partial charge in [-0.15, -0.1) is 0 Å². The normalized spacial score (nSPS) is 11.8. The molecule has 0 atom stereocenters. The Balaban J connectivity index is 2.57. The minimum absolute atomic E-state index is 0.156. The van der Waals surface area contributed by atoms with Gasteiger partial charge in [0.2, 0.25) is 0 Å². The molecule has 1 aromatic heterocycles. The Morgan fingerprint density at radius 3 is 2.61 bits per heavy atom. The van der Waals surface area contributed by atoms with Crippen LogP contribution in [0.15, 0.2) is 24.3 Å². The van der Waals surface area contributed by atoms with Crippen molar-refractivity contribution in [3.63, 3.8) is 0 Å². The molecule has 3 nitrogen and oxygen atoms in total. The van der Waals surface area contributed by atoms with Gasteiger partial charge in [0.25, 0.3) is 0 Å². The van der Waals surface area contributed by atoms with E-state index in [1.54, 1.807) is 6.92 Å². The van der Waals surface area contributed by atoms with Gasteiger partial charge in [-0.25, -0.2) is 4.98 Å². The summed E-state index contributed by atoms with van der Waals surface area (Å²) in [7, 11) is 0. The molecule has 0 unspecified atom stereocenters.